The normalized spacial score (nSPS) is 11.4. The van der Waals surface area contributed by atoms with E-state index >= 15 is 0 Å². The number of methoxy groups -OCH3 is 1. The molecule has 0 aliphatic rings. The number of phenolic OH excluding ortho intramolecular Hbond substituents is 1. The van der Waals surface area contributed by atoms with Crippen molar-refractivity contribution >= 4 is 82.8 Å². The van der Waals surface area contributed by atoms with Gasteiger partial charge in [-0.25, -0.2) is 4.98 Å². The second-order valence-electron chi connectivity index (χ2n) is 6.76. The Bertz CT molecular complexity index is 1390. The number of hydrogen-bond acceptors (Lipinski definition) is 8. The van der Waals surface area contributed by atoms with Gasteiger partial charge in [0.05, 0.1) is 32.4 Å². The molecule has 1 N–H and O–H groups in total. The van der Waals surface area contributed by atoms with Crippen LogP contribution in [-0.4, -0.2) is 28.3 Å². The lowest BCUT2D eigenvalue weighted by Gasteiger charge is -2.06. The van der Waals surface area contributed by atoms with Crippen molar-refractivity contribution in [3.8, 4) is 11.5 Å². The van der Waals surface area contributed by atoms with Gasteiger partial charge in [0, 0.05) is 39.7 Å². The van der Waals surface area contributed by atoms with E-state index < -0.39 is 4.92 Å². The molecule has 7 nitrogen and oxygen atoms in total. The Morgan fingerprint density at radius 3 is 2.82 bits per heavy atom. The maximum absolute atomic E-state index is 11.1. The number of nitro groups is 1. The van der Waals surface area contributed by atoms with Gasteiger partial charge >= 0.3 is 0 Å². The van der Waals surface area contributed by atoms with Crippen LogP contribution in [0.3, 0.4) is 0 Å². The van der Waals surface area contributed by atoms with Gasteiger partial charge in [-0.05, 0) is 52.3 Å². The smallest absolute Gasteiger partial charge is 0.270 e. The second kappa shape index (κ2) is 10.2. The van der Waals surface area contributed by atoms with Gasteiger partial charge in [0.25, 0.3) is 5.69 Å². The Labute approximate surface area is 213 Å². The van der Waals surface area contributed by atoms with Gasteiger partial charge in [0.15, 0.2) is 4.34 Å². The fraction of sp³-hybridized carbons (Fsp3) is 0.0909. The van der Waals surface area contributed by atoms with Gasteiger partial charge in [-0.1, -0.05) is 27.7 Å². The molecule has 0 unspecified atom stereocenters. The zero-order chi connectivity index (χ0) is 23.5. The molecular weight excluding hydrogens is 594 g/mol. The SMILES string of the molecule is COc1ccc([N+](=O)[O-])cc1CSc1nc2ccc(N=Cc3cc(Br)cc(Br)c3O)cc2s1. The molecule has 0 saturated carbocycles. The number of nitrogens with zero attached hydrogens (tertiary/aromatic N) is 3. The molecule has 0 spiro atoms. The lowest BCUT2D eigenvalue weighted by molar-refractivity contribution is -0.384. The van der Waals surface area contributed by atoms with E-state index in [1.165, 1.54) is 35.2 Å². The molecule has 0 bridgehead atoms. The minimum absolute atomic E-state index is 0.0294. The predicted octanol–water partition coefficient (Wildman–Crippen LogP) is 7.49. The fourth-order valence-electron chi connectivity index (χ4n) is 2.99. The van der Waals surface area contributed by atoms with E-state index in [-0.39, 0.29) is 11.4 Å². The molecule has 11 heteroatoms. The van der Waals surface area contributed by atoms with Crippen LogP contribution in [0.1, 0.15) is 11.1 Å². The van der Waals surface area contributed by atoms with Crippen molar-refractivity contribution in [2.75, 3.05) is 7.11 Å². The zero-order valence-corrected chi connectivity index (χ0v) is 21.8. The average Bonchev–Trinajstić information content (AvgIpc) is 3.21. The van der Waals surface area contributed by atoms with Crippen LogP contribution in [-0.2, 0) is 5.75 Å². The third kappa shape index (κ3) is 5.55. The Morgan fingerprint density at radius 2 is 2.06 bits per heavy atom. The highest BCUT2D eigenvalue weighted by molar-refractivity contribution is 9.11. The molecule has 0 aliphatic heterocycles. The lowest BCUT2D eigenvalue weighted by Crippen LogP contribution is -1.94. The topological polar surface area (TPSA) is 97.9 Å². The number of ether oxygens (including phenoxy) is 1. The van der Waals surface area contributed by atoms with Crippen LogP contribution in [0, 0.1) is 10.1 Å². The molecule has 0 amide bonds. The van der Waals surface area contributed by atoms with Crippen molar-refractivity contribution in [1.29, 1.82) is 0 Å². The van der Waals surface area contributed by atoms with Crippen molar-refractivity contribution in [1.82, 2.24) is 4.98 Å². The fourth-order valence-corrected chi connectivity index (χ4v) is 6.33. The summed E-state index contributed by atoms with van der Waals surface area (Å²) in [6, 6.07) is 13.8. The molecular formula is C22H15Br2N3O4S2. The molecule has 0 radical (unpaired) electrons. The molecule has 4 aromatic rings. The Balaban J connectivity index is 1.53. The lowest BCUT2D eigenvalue weighted by atomic mass is 10.2. The number of phenols is 1. The first-order valence-electron chi connectivity index (χ1n) is 9.41. The molecule has 1 aromatic heterocycles. The van der Waals surface area contributed by atoms with Crippen molar-refractivity contribution in [2.45, 2.75) is 10.1 Å². The second-order valence-corrected chi connectivity index (χ2v) is 10.8. The third-order valence-electron chi connectivity index (χ3n) is 4.59. The maximum Gasteiger partial charge on any atom is 0.270 e. The van der Waals surface area contributed by atoms with Crippen LogP contribution >= 0.6 is 55.0 Å². The number of rotatable bonds is 7. The van der Waals surface area contributed by atoms with Crippen molar-refractivity contribution < 1.29 is 14.8 Å². The van der Waals surface area contributed by atoms with Crippen molar-refractivity contribution in [3.05, 3.63) is 78.7 Å². The summed E-state index contributed by atoms with van der Waals surface area (Å²) in [6.07, 6.45) is 1.61. The van der Waals surface area contributed by atoms with Gasteiger partial charge in [-0.3, -0.25) is 15.1 Å². The number of nitro benzene ring substituents is 1. The quantitative estimate of drug-likeness (QED) is 0.101. The maximum atomic E-state index is 11.1. The summed E-state index contributed by atoms with van der Waals surface area (Å²) >= 11 is 9.74. The van der Waals surface area contributed by atoms with E-state index in [1.807, 2.05) is 18.2 Å². The summed E-state index contributed by atoms with van der Waals surface area (Å²) in [5.41, 5.74) is 2.94. The Hall–Kier alpha value is -2.47. The number of fused-ring (bicyclic) bond motifs is 1. The first-order valence-corrected chi connectivity index (χ1v) is 12.8. The molecule has 0 atom stereocenters. The van der Waals surface area contributed by atoms with E-state index in [0.29, 0.717) is 21.5 Å². The molecule has 168 valence electrons. The summed E-state index contributed by atoms with van der Waals surface area (Å²) in [5, 5.41) is 21.3. The van der Waals surface area contributed by atoms with Crippen molar-refractivity contribution in [3.63, 3.8) is 0 Å². The highest BCUT2D eigenvalue weighted by atomic mass is 79.9. The van der Waals surface area contributed by atoms with Gasteiger partial charge in [0.2, 0.25) is 0 Å². The predicted molar refractivity (Wildman–Crippen MR) is 140 cm³/mol. The van der Waals surface area contributed by atoms with Crippen LogP contribution in [0.5, 0.6) is 11.5 Å². The first kappa shape index (κ1) is 23.7. The molecule has 0 fully saturated rings. The van der Waals surface area contributed by atoms with Crippen LogP contribution < -0.4 is 4.74 Å². The number of aromatic nitrogens is 1. The molecule has 0 saturated heterocycles. The van der Waals surface area contributed by atoms with Gasteiger partial charge in [-0.2, -0.15) is 0 Å². The monoisotopic (exact) mass is 607 g/mol. The largest absolute Gasteiger partial charge is 0.506 e. The van der Waals surface area contributed by atoms with Gasteiger partial charge < -0.3 is 9.84 Å². The summed E-state index contributed by atoms with van der Waals surface area (Å²) in [5.74, 6) is 1.22. The minimum atomic E-state index is -0.417. The number of non-ortho nitro benzene ring substituents is 1. The van der Waals surface area contributed by atoms with Crippen LogP contribution in [0.25, 0.3) is 10.2 Å². The summed E-state index contributed by atoms with van der Waals surface area (Å²) in [7, 11) is 1.54. The van der Waals surface area contributed by atoms with E-state index in [0.717, 1.165) is 30.3 Å². The number of hydrogen-bond donors (Lipinski definition) is 1. The molecule has 1 heterocycles. The van der Waals surface area contributed by atoms with Gasteiger partial charge in [0.1, 0.15) is 11.5 Å². The van der Waals surface area contributed by atoms with E-state index in [2.05, 4.69) is 41.8 Å². The van der Waals surface area contributed by atoms with Crippen molar-refractivity contribution in [2.24, 2.45) is 4.99 Å². The highest BCUT2D eigenvalue weighted by Crippen LogP contribution is 2.36. The number of halogens is 2. The third-order valence-corrected chi connectivity index (χ3v) is 7.86. The first-order chi connectivity index (χ1) is 15.8. The summed E-state index contributed by atoms with van der Waals surface area (Å²) in [4.78, 5) is 19.8. The Morgan fingerprint density at radius 1 is 1.24 bits per heavy atom. The number of benzene rings is 3. The van der Waals surface area contributed by atoms with Crippen LogP contribution in [0.4, 0.5) is 11.4 Å². The molecule has 33 heavy (non-hydrogen) atoms. The standard InChI is InChI=1S/C22H15Br2N3O4S2/c1-31-19-5-3-16(27(29)30)7-13(19)11-32-22-26-18-4-2-15(9-20(18)33-22)25-10-12-6-14(23)8-17(24)21(12)28/h2-10,28H,11H2,1H3. The zero-order valence-electron chi connectivity index (χ0n) is 17.0. The molecule has 3 aromatic carbocycles. The summed E-state index contributed by atoms with van der Waals surface area (Å²) < 4.78 is 8.56. The summed E-state index contributed by atoms with van der Waals surface area (Å²) in [6.45, 7) is 0. The number of aromatic hydroxyl groups is 1. The van der Waals surface area contributed by atoms with Crippen LogP contribution in [0.2, 0.25) is 0 Å². The number of thiazole rings is 1. The van der Waals surface area contributed by atoms with E-state index in [9.17, 15) is 15.2 Å². The van der Waals surface area contributed by atoms with E-state index in [4.69, 9.17) is 4.74 Å². The van der Waals surface area contributed by atoms with Gasteiger partial charge in [-0.15, -0.1) is 11.3 Å². The number of aliphatic imine (C=N–C) groups is 1. The number of thioether (sulfide) groups is 1. The van der Waals surface area contributed by atoms with E-state index in [1.54, 1.807) is 31.5 Å². The molecule has 4 rings (SSSR count). The average molecular weight is 609 g/mol. The Kier molecular flexibility index (Phi) is 7.32. The molecule has 0 aliphatic carbocycles. The highest BCUT2D eigenvalue weighted by Gasteiger charge is 2.13. The minimum Gasteiger partial charge on any atom is -0.506 e. The van der Waals surface area contributed by atoms with Crippen LogP contribution in [0.15, 0.2) is 66.8 Å².